The van der Waals surface area contributed by atoms with Crippen molar-refractivity contribution < 1.29 is 8.78 Å². The van der Waals surface area contributed by atoms with Gasteiger partial charge in [-0.1, -0.05) is 69.7 Å². The van der Waals surface area contributed by atoms with Crippen molar-refractivity contribution in [2.45, 2.75) is 95.8 Å². The maximum Gasteiger partial charge on any atom is 0.298 e. The van der Waals surface area contributed by atoms with Gasteiger partial charge in [0.05, 0.1) is 0 Å². The van der Waals surface area contributed by atoms with Gasteiger partial charge in [0.1, 0.15) is 0 Å². The molecule has 4 rings (SSSR count). The van der Waals surface area contributed by atoms with Gasteiger partial charge in [0, 0.05) is 22.5 Å². The Bertz CT molecular complexity index is 888. The fraction of sp³-hybridized carbons (Fsp3) is 0.600. The number of rotatable bonds is 8. The van der Waals surface area contributed by atoms with Gasteiger partial charge in [0.25, 0.3) is 5.92 Å². The second-order valence-corrected chi connectivity index (χ2v) is 11.0. The molecule has 2 saturated carbocycles. The van der Waals surface area contributed by atoms with Crippen LogP contribution in [0, 0.1) is 17.8 Å². The summed E-state index contributed by atoms with van der Waals surface area (Å²) < 4.78 is 30.2. The Hall–Kier alpha value is -2.10. The number of unbranched alkanes of at least 4 members (excludes halogenated alkanes) is 2. The molecule has 0 bridgehead atoms. The molecule has 4 N–H and O–H groups in total. The molecule has 2 aliphatic carbocycles. The zero-order chi connectivity index (χ0) is 24.1. The predicted octanol–water partition coefficient (Wildman–Crippen LogP) is 8.65. The van der Waals surface area contributed by atoms with Crippen molar-refractivity contribution in [3.05, 3.63) is 59.2 Å². The number of alkyl halides is 2. The van der Waals surface area contributed by atoms with E-state index in [0.29, 0.717) is 5.92 Å². The number of benzene rings is 2. The maximum absolute atomic E-state index is 15.1. The Labute approximate surface area is 204 Å². The summed E-state index contributed by atoms with van der Waals surface area (Å²) >= 11 is 0. The van der Waals surface area contributed by atoms with Crippen LogP contribution in [0.2, 0.25) is 0 Å². The third-order valence-corrected chi connectivity index (χ3v) is 8.63. The van der Waals surface area contributed by atoms with E-state index in [1.54, 1.807) is 12.1 Å². The smallest absolute Gasteiger partial charge is 0.298 e. The molecule has 2 nitrogen and oxygen atoms in total. The molecule has 4 heteroatoms. The van der Waals surface area contributed by atoms with Crippen molar-refractivity contribution in [2.75, 3.05) is 11.5 Å². The van der Waals surface area contributed by atoms with Gasteiger partial charge in [0.15, 0.2) is 0 Å². The molecule has 2 aliphatic rings. The fourth-order valence-electron chi connectivity index (χ4n) is 6.54. The van der Waals surface area contributed by atoms with E-state index in [2.05, 4.69) is 6.92 Å². The van der Waals surface area contributed by atoms with Crippen molar-refractivity contribution in [1.29, 1.82) is 0 Å². The summed E-state index contributed by atoms with van der Waals surface area (Å²) in [6.07, 6.45) is 16.2. The van der Waals surface area contributed by atoms with Crippen LogP contribution in [0.25, 0.3) is 0 Å². The van der Waals surface area contributed by atoms with Crippen molar-refractivity contribution in [3.8, 4) is 0 Å². The molecule has 2 aromatic carbocycles. The highest BCUT2D eigenvalue weighted by Crippen LogP contribution is 2.45. The fourth-order valence-corrected chi connectivity index (χ4v) is 6.54. The number of hydrogen-bond donors (Lipinski definition) is 2. The highest BCUT2D eigenvalue weighted by molar-refractivity contribution is 5.56. The normalized spacial score (nSPS) is 25.9. The molecule has 2 aromatic rings. The van der Waals surface area contributed by atoms with Gasteiger partial charge >= 0.3 is 0 Å². The Morgan fingerprint density at radius 1 is 0.735 bits per heavy atom. The van der Waals surface area contributed by atoms with Gasteiger partial charge in [-0.25, -0.2) is 0 Å². The van der Waals surface area contributed by atoms with Crippen LogP contribution in [0.4, 0.5) is 20.2 Å². The number of anilines is 2. The van der Waals surface area contributed by atoms with E-state index in [0.717, 1.165) is 17.8 Å². The molecule has 0 saturated heterocycles. The Balaban J connectivity index is 1.30. The van der Waals surface area contributed by atoms with E-state index >= 15 is 8.78 Å². The third-order valence-electron chi connectivity index (χ3n) is 8.63. The second kappa shape index (κ2) is 11.1. The lowest BCUT2D eigenvalue weighted by Crippen LogP contribution is -2.25. The molecule has 0 radical (unpaired) electrons. The number of nitrogens with two attached hydrogens (primary N) is 2. The minimum atomic E-state index is -3.12. The van der Waals surface area contributed by atoms with Gasteiger partial charge in [-0.3, -0.25) is 0 Å². The first-order chi connectivity index (χ1) is 16.4. The van der Waals surface area contributed by atoms with E-state index in [1.807, 2.05) is 12.1 Å². The zero-order valence-electron chi connectivity index (χ0n) is 20.7. The summed E-state index contributed by atoms with van der Waals surface area (Å²) in [7, 11) is 0. The van der Waals surface area contributed by atoms with Crippen LogP contribution in [-0.2, 0) is 5.92 Å². The largest absolute Gasteiger partial charge is 0.399 e. The summed E-state index contributed by atoms with van der Waals surface area (Å²) in [5.74, 6) is 0.127. The number of halogens is 2. The molecule has 2 fully saturated rings. The van der Waals surface area contributed by atoms with Crippen LogP contribution in [0.15, 0.2) is 42.5 Å². The Morgan fingerprint density at radius 2 is 1.29 bits per heavy atom. The molecular weight excluding hydrogens is 426 g/mol. The predicted molar refractivity (Wildman–Crippen MR) is 139 cm³/mol. The van der Waals surface area contributed by atoms with Gasteiger partial charge in [-0.15, -0.1) is 0 Å². The molecule has 0 atom stereocenters. The quantitative estimate of drug-likeness (QED) is 0.301. The first kappa shape index (κ1) is 25.0. The molecule has 0 heterocycles. The topological polar surface area (TPSA) is 52.0 Å². The monoisotopic (exact) mass is 468 g/mol. The number of hydrogen-bond acceptors (Lipinski definition) is 2. The van der Waals surface area contributed by atoms with Crippen LogP contribution < -0.4 is 11.5 Å². The van der Waals surface area contributed by atoms with Crippen LogP contribution in [0.5, 0.6) is 0 Å². The standard InChI is InChI=1S/C30H42F2N2/c1-2-3-4-5-21-6-8-22(9-7-21)23-10-12-24(13-11-23)25-14-16-26(17-15-25)30(31,32)27-18-28(33)20-29(34)19-27/h14-24H,2-13,33-34H2,1H3. The SMILES string of the molecule is CCCCCC1CCC(C2CCC(c3ccc(C(F)(F)c4cc(N)cc(N)c4)cc3)CC2)CC1. The first-order valence-electron chi connectivity index (χ1n) is 13.5. The Morgan fingerprint density at radius 3 is 1.85 bits per heavy atom. The summed E-state index contributed by atoms with van der Waals surface area (Å²) in [6.45, 7) is 2.29. The van der Waals surface area contributed by atoms with E-state index in [4.69, 9.17) is 11.5 Å². The van der Waals surface area contributed by atoms with Crippen LogP contribution >= 0.6 is 0 Å². The Kier molecular flexibility index (Phi) is 8.16. The number of nitrogen functional groups attached to an aromatic ring is 2. The lowest BCUT2D eigenvalue weighted by atomic mass is 9.68. The molecule has 34 heavy (non-hydrogen) atoms. The van der Waals surface area contributed by atoms with Crippen molar-refractivity contribution >= 4 is 11.4 Å². The summed E-state index contributed by atoms with van der Waals surface area (Å²) in [5.41, 5.74) is 13.0. The average molecular weight is 469 g/mol. The van der Waals surface area contributed by atoms with Gasteiger partial charge < -0.3 is 11.5 Å². The average Bonchev–Trinajstić information content (AvgIpc) is 2.84. The van der Waals surface area contributed by atoms with Gasteiger partial charge in [-0.2, -0.15) is 8.78 Å². The summed E-state index contributed by atoms with van der Waals surface area (Å²) in [4.78, 5) is 0. The molecule has 0 unspecified atom stereocenters. The lowest BCUT2D eigenvalue weighted by molar-refractivity contribution is 0.0429. The molecule has 0 aliphatic heterocycles. The van der Waals surface area contributed by atoms with Crippen LogP contribution in [-0.4, -0.2) is 0 Å². The first-order valence-corrected chi connectivity index (χ1v) is 13.5. The van der Waals surface area contributed by atoms with E-state index in [9.17, 15) is 0 Å². The van der Waals surface area contributed by atoms with Crippen molar-refractivity contribution in [3.63, 3.8) is 0 Å². The van der Waals surface area contributed by atoms with Gasteiger partial charge in [0.2, 0.25) is 0 Å². The van der Waals surface area contributed by atoms with E-state index in [1.165, 1.54) is 101 Å². The maximum atomic E-state index is 15.1. The minimum absolute atomic E-state index is 0.00867. The van der Waals surface area contributed by atoms with E-state index < -0.39 is 5.92 Å². The minimum Gasteiger partial charge on any atom is -0.399 e. The van der Waals surface area contributed by atoms with Crippen LogP contribution in [0.3, 0.4) is 0 Å². The molecule has 0 amide bonds. The molecular formula is C30H42F2N2. The van der Waals surface area contributed by atoms with E-state index in [-0.39, 0.29) is 22.5 Å². The highest BCUT2D eigenvalue weighted by atomic mass is 19.3. The molecule has 186 valence electrons. The van der Waals surface area contributed by atoms with Gasteiger partial charge in [-0.05, 0) is 86.0 Å². The summed E-state index contributed by atoms with van der Waals surface area (Å²) in [6, 6.07) is 11.1. The summed E-state index contributed by atoms with van der Waals surface area (Å²) in [5, 5.41) is 0. The third kappa shape index (κ3) is 5.93. The second-order valence-electron chi connectivity index (χ2n) is 11.0. The molecule has 0 spiro atoms. The highest BCUT2D eigenvalue weighted by Gasteiger charge is 2.35. The zero-order valence-corrected chi connectivity index (χ0v) is 20.7. The van der Waals surface area contributed by atoms with Crippen LogP contribution in [0.1, 0.15) is 107 Å². The lowest BCUT2D eigenvalue weighted by Gasteiger charge is -2.38. The van der Waals surface area contributed by atoms with Crippen molar-refractivity contribution in [2.24, 2.45) is 17.8 Å². The molecule has 0 aromatic heterocycles. The van der Waals surface area contributed by atoms with Crippen molar-refractivity contribution in [1.82, 2.24) is 0 Å².